The first-order valence-corrected chi connectivity index (χ1v) is 11.7. The second kappa shape index (κ2) is 12.7. The zero-order valence-corrected chi connectivity index (χ0v) is 20.4. The lowest BCUT2D eigenvalue weighted by Gasteiger charge is -2.14. The predicted molar refractivity (Wildman–Crippen MR) is 131 cm³/mol. The van der Waals surface area contributed by atoms with Crippen molar-refractivity contribution >= 4 is 11.9 Å². The van der Waals surface area contributed by atoms with Gasteiger partial charge in [-0.2, -0.15) is 0 Å². The number of nitrogens with zero attached hydrogens (tertiary/aromatic N) is 1. The number of hydrogen-bond acceptors (Lipinski definition) is 7. The molecule has 0 radical (unpaired) electrons. The molecule has 186 valence electrons. The standard InChI is InChI=1S/C27H32N2O6/c1-18(2)34-26(32)17-28-16-22-15-23(11-9-20(22)10-12-25(30)31)33-14-13-24-19(3)35-27(29-24)21-7-5-4-6-8-21/h4-9,11,15,18,28H,10,12-14,16-17H2,1-3H3,(H,30,31). The van der Waals surface area contributed by atoms with Crippen molar-refractivity contribution in [1.82, 2.24) is 10.3 Å². The first-order chi connectivity index (χ1) is 16.8. The first-order valence-electron chi connectivity index (χ1n) is 11.7. The number of carbonyl (C=O) groups excluding carboxylic acids is 1. The van der Waals surface area contributed by atoms with Gasteiger partial charge in [0, 0.05) is 24.9 Å². The third-order valence-corrected chi connectivity index (χ3v) is 5.26. The van der Waals surface area contributed by atoms with E-state index in [-0.39, 0.29) is 25.0 Å². The zero-order valence-electron chi connectivity index (χ0n) is 20.4. The predicted octanol–water partition coefficient (Wildman–Crippen LogP) is 4.33. The molecule has 0 fully saturated rings. The summed E-state index contributed by atoms with van der Waals surface area (Å²) in [5.74, 6) is 0.815. The van der Waals surface area contributed by atoms with Gasteiger partial charge in [-0.1, -0.05) is 24.3 Å². The molecule has 0 amide bonds. The second-order valence-corrected chi connectivity index (χ2v) is 8.45. The molecular formula is C27H32N2O6. The number of benzene rings is 2. The Morgan fingerprint density at radius 1 is 1.09 bits per heavy atom. The number of rotatable bonds is 13. The van der Waals surface area contributed by atoms with Gasteiger partial charge in [-0.05, 0) is 62.6 Å². The molecule has 0 unspecified atom stereocenters. The van der Waals surface area contributed by atoms with Crippen molar-refractivity contribution in [3.05, 3.63) is 71.1 Å². The van der Waals surface area contributed by atoms with Gasteiger partial charge in [0.05, 0.1) is 24.9 Å². The van der Waals surface area contributed by atoms with Crippen molar-refractivity contribution in [2.45, 2.75) is 52.7 Å². The lowest BCUT2D eigenvalue weighted by molar-refractivity contribution is -0.146. The molecule has 3 rings (SSSR count). The van der Waals surface area contributed by atoms with Crippen LogP contribution in [-0.2, 0) is 33.7 Å². The van der Waals surface area contributed by atoms with E-state index in [1.807, 2.05) is 55.5 Å². The smallest absolute Gasteiger partial charge is 0.320 e. The molecule has 8 heteroatoms. The highest BCUT2D eigenvalue weighted by Crippen LogP contribution is 2.23. The van der Waals surface area contributed by atoms with Crippen LogP contribution in [0.4, 0.5) is 0 Å². The molecule has 2 N–H and O–H groups in total. The Morgan fingerprint density at radius 3 is 2.57 bits per heavy atom. The minimum Gasteiger partial charge on any atom is -0.493 e. The van der Waals surface area contributed by atoms with Crippen LogP contribution in [0.5, 0.6) is 5.75 Å². The summed E-state index contributed by atoms with van der Waals surface area (Å²) in [5.41, 5.74) is 3.54. The number of oxazole rings is 1. The average molecular weight is 481 g/mol. The Labute approximate surface area is 205 Å². The van der Waals surface area contributed by atoms with Crippen LogP contribution >= 0.6 is 0 Å². The number of carbonyl (C=O) groups is 2. The van der Waals surface area contributed by atoms with E-state index in [4.69, 9.17) is 19.0 Å². The van der Waals surface area contributed by atoms with Crippen molar-refractivity contribution in [2.75, 3.05) is 13.2 Å². The number of nitrogens with one attached hydrogen (secondary N) is 1. The molecule has 0 aliphatic heterocycles. The highest BCUT2D eigenvalue weighted by atomic mass is 16.5. The van der Waals surface area contributed by atoms with Crippen molar-refractivity contribution in [3.63, 3.8) is 0 Å². The molecule has 1 aromatic heterocycles. The van der Waals surface area contributed by atoms with Gasteiger partial charge >= 0.3 is 11.9 Å². The van der Waals surface area contributed by atoms with E-state index in [0.717, 1.165) is 28.1 Å². The van der Waals surface area contributed by atoms with Gasteiger partial charge in [-0.15, -0.1) is 0 Å². The van der Waals surface area contributed by atoms with Gasteiger partial charge in [0.15, 0.2) is 0 Å². The van der Waals surface area contributed by atoms with E-state index < -0.39 is 5.97 Å². The van der Waals surface area contributed by atoms with E-state index in [1.165, 1.54) is 0 Å². The average Bonchev–Trinajstić information content (AvgIpc) is 3.19. The molecular weight excluding hydrogens is 448 g/mol. The summed E-state index contributed by atoms with van der Waals surface area (Å²) in [7, 11) is 0. The third-order valence-electron chi connectivity index (χ3n) is 5.26. The number of carboxylic acid groups (broad SMARTS) is 1. The maximum Gasteiger partial charge on any atom is 0.320 e. The Morgan fingerprint density at radius 2 is 1.86 bits per heavy atom. The molecule has 0 saturated heterocycles. The SMILES string of the molecule is Cc1oc(-c2ccccc2)nc1CCOc1ccc(CCC(=O)O)c(CNCC(=O)OC(C)C)c1. The number of aromatic nitrogens is 1. The number of esters is 1. The monoisotopic (exact) mass is 480 g/mol. The summed E-state index contributed by atoms with van der Waals surface area (Å²) in [6, 6.07) is 15.3. The van der Waals surface area contributed by atoms with Crippen LogP contribution in [0.25, 0.3) is 11.5 Å². The lowest BCUT2D eigenvalue weighted by atomic mass is 10.0. The molecule has 35 heavy (non-hydrogen) atoms. The molecule has 3 aromatic rings. The summed E-state index contributed by atoms with van der Waals surface area (Å²) in [4.78, 5) is 27.4. The second-order valence-electron chi connectivity index (χ2n) is 8.45. The van der Waals surface area contributed by atoms with Crippen molar-refractivity contribution in [1.29, 1.82) is 0 Å². The third kappa shape index (κ3) is 8.26. The molecule has 0 spiro atoms. The van der Waals surface area contributed by atoms with Crippen LogP contribution in [0.2, 0.25) is 0 Å². The topological polar surface area (TPSA) is 111 Å². The molecule has 1 heterocycles. The van der Waals surface area contributed by atoms with Gasteiger partial charge in [-0.25, -0.2) is 4.98 Å². The fourth-order valence-corrected chi connectivity index (χ4v) is 3.58. The molecule has 0 saturated carbocycles. The fraction of sp³-hybridized carbons (Fsp3) is 0.370. The van der Waals surface area contributed by atoms with Crippen LogP contribution in [-0.4, -0.2) is 41.3 Å². The van der Waals surface area contributed by atoms with E-state index in [0.29, 0.717) is 37.6 Å². The first kappa shape index (κ1) is 26.0. The van der Waals surface area contributed by atoms with Crippen LogP contribution in [0, 0.1) is 6.92 Å². The maximum atomic E-state index is 11.8. The Bertz CT molecular complexity index is 1120. The Kier molecular flexibility index (Phi) is 9.43. The van der Waals surface area contributed by atoms with Crippen LogP contribution < -0.4 is 10.1 Å². The number of carboxylic acids is 1. The Hall–Kier alpha value is -3.65. The maximum absolute atomic E-state index is 11.8. The normalized spacial score (nSPS) is 11.0. The summed E-state index contributed by atoms with van der Waals surface area (Å²) in [5, 5.41) is 12.1. The summed E-state index contributed by atoms with van der Waals surface area (Å²) in [6.07, 6.45) is 0.822. The quantitative estimate of drug-likeness (QED) is 0.348. The summed E-state index contributed by atoms with van der Waals surface area (Å²) < 4.78 is 16.9. The molecule has 0 aliphatic carbocycles. The molecule has 0 bridgehead atoms. The summed E-state index contributed by atoms with van der Waals surface area (Å²) in [6.45, 7) is 6.35. The zero-order chi connectivity index (χ0) is 25.2. The number of aryl methyl sites for hydroxylation is 2. The van der Waals surface area contributed by atoms with Gasteiger partial charge in [-0.3, -0.25) is 9.59 Å². The van der Waals surface area contributed by atoms with Crippen LogP contribution in [0.15, 0.2) is 52.9 Å². The molecule has 0 aliphatic rings. The highest BCUT2D eigenvalue weighted by Gasteiger charge is 2.13. The minimum absolute atomic E-state index is 0.0256. The van der Waals surface area contributed by atoms with Crippen molar-refractivity contribution in [2.24, 2.45) is 0 Å². The van der Waals surface area contributed by atoms with Gasteiger partial charge in [0.1, 0.15) is 11.5 Å². The molecule has 8 nitrogen and oxygen atoms in total. The van der Waals surface area contributed by atoms with E-state index in [2.05, 4.69) is 10.3 Å². The highest BCUT2D eigenvalue weighted by molar-refractivity contribution is 5.71. The van der Waals surface area contributed by atoms with E-state index in [1.54, 1.807) is 13.8 Å². The largest absolute Gasteiger partial charge is 0.493 e. The molecule has 2 aromatic carbocycles. The van der Waals surface area contributed by atoms with E-state index >= 15 is 0 Å². The molecule has 0 atom stereocenters. The fourth-order valence-electron chi connectivity index (χ4n) is 3.58. The van der Waals surface area contributed by atoms with Crippen molar-refractivity contribution in [3.8, 4) is 17.2 Å². The Balaban J connectivity index is 1.61. The number of aliphatic carboxylic acids is 1. The van der Waals surface area contributed by atoms with Gasteiger partial charge < -0.3 is 24.3 Å². The number of ether oxygens (including phenoxy) is 2. The van der Waals surface area contributed by atoms with Gasteiger partial charge in [0.2, 0.25) is 5.89 Å². The van der Waals surface area contributed by atoms with Gasteiger partial charge in [0.25, 0.3) is 0 Å². The number of hydrogen-bond donors (Lipinski definition) is 2. The van der Waals surface area contributed by atoms with Crippen molar-refractivity contribution < 1.29 is 28.6 Å². The van der Waals surface area contributed by atoms with Crippen LogP contribution in [0.1, 0.15) is 42.8 Å². The lowest BCUT2D eigenvalue weighted by Crippen LogP contribution is -2.26. The summed E-state index contributed by atoms with van der Waals surface area (Å²) >= 11 is 0. The van der Waals surface area contributed by atoms with E-state index in [9.17, 15) is 9.59 Å². The van der Waals surface area contributed by atoms with Crippen LogP contribution in [0.3, 0.4) is 0 Å². The minimum atomic E-state index is -0.859.